The molecule has 0 saturated carbocycles. The molecule has 0 spiro atoms. The molecular formula is C70H54BClN4Na5O27S6. The van der Waals surface area contributed by atoms with Crippen molar-refractivity contribution < 1.29 is 276 Å². The van der Waals surface area contributed by atoms with Crippen LogP contribution in [0.4, 0.5) is 28.4 Å². The summed E-state index contributed by atoms with van der Waals surface area (Å²) in [5.74, 6) is -2.70. The quantitative estimate of drug-likeness (QED) is 0.0118. The van der Waals surface area contributed by atoms with Gasteiger partial charge in [-0.25, -0.2) is 47.1 Å². The van der Waals surface area contributed by atoms with Crippen molar-refractivity contribution in [2.24, 2.45) is 0 Å². The average molecular weight is 1740 g/mol. The number of sulfonamides is 2. The van der Waals surface area contributed by atoms with Gasteiger partial charge in [-0.3, -0.25) is 14.2 Å². The van der Waals surface area contributed by atoms with Crippen molar-refractivity contribution in [1.82, 2.24) is 0 Å². The van der Waals surface area contributed by atoms with E-state index in [9.17, 15) is 81.2 Å². The third-order valence-electron chi connectivity index (χ3n) is 16.3. The number of anilines is 4. The monoisotopic (exact) mass is 1740 g/mol. The molecule has 1 aliphatic heterocycles. The van der Waals surface area contributed by atoms with Gasteiger partial charge in [0.05, 0.1) is 43.0 Å². The van der Waals surface area contributed by atoms with Crippen LogP contribution in [0.5, 0.6) is 23.0 Å². The van der Waals surface area contributed by atoms with Crippen molar-refractivity contribution in [3.63, 3.8) is 0 Å². The summed E-state index contributed by atoms with van der Waals surface area (Å²) in [5.41, 5.74) is 3.30. The Morgan fingerprint density at radius 2 is 1.09 bits per heavy atom. The number of aromatic carboxylic acids is 1. The fourth-order valence-electron chi connectivity index (χ4n) is 11.7. The van der Waals surface area contributed by atoms with Gasteiger partial charge in [-0.15, -0.1) is 47.7 Å². The number of phenols is 3. The van der Waals surface area contributed by atoms with Crippen molar-refractivity contribution in [1.29, 1.82) is 0 Å². The van der Waals surface area contributed by atoms with Crippen LogP contribution >= 0.6 is 10.7 Å². The molecule has 31 nitrogen and oxygen atoms in total. The van der Waals surface area contributed by atoms with E-state index in [1.54, 1.807) is 52.8 Å². The summed E-state index contributed by atoms with van der Waals surface area (Å²) < 4.78 is 199. The molecule has 1 aliphatic carbocycles. The van der Waals surface area contributed by atoms with E-state index in [0.717, 1.165) is 24.3 Å². The number of hydrogen-bond acceptors (Lipinski definition) is 27. The first-order valence-electron chi connectivity index (χ1n) is 29.9. The summed E-state index contributed by atoms with van der Waals surface area (Å²) >= 11 is 0. The van der Waals surface area contributed by atoms with Gasteiger partial charge in [0.15, 0.2) is 11.5 Å². The number of ether oxygens (including phenoxy) is 1. The first-order chi connectivity index (χ1) is 49.6. The van der Waals surface area contributed by atoms with Crippen LogP contribution in [0.1, 0.15) is 43.7 Å². The molecule has 12 rings (SSSR count). The standard InChI is InChI=1S/C58H46N4O15S4.C11H7ClO5S.CO2.B.5Na.O3S.2H2O/c1-29-21-31(3)56(61-78(67,68)40-16-12-35-23-39(63)15-11-36(35)24-40)33(5)54(29)59-38-14-18-43-48(26-38)77-49-28-46(51(81(74,75)76)27-45(49)52(43)44-9-7-8-10-50(44)80(71,72)73)60-55-30(2)22-32(4)57(34(55)6)62-79(69,70)41-17-19-42-37(25-41)13-20-47(64)53(42)58(65)66;12-18(15,16)8-2-3-9-7(5-8)1-4-10(14)11(9)17-6-13;2-1-3;;;;;;;1-4(2)3;;/h7-13,15-22,24-28,59,61-64H,1-6H3,(H,65,66)(H,71,72,73)(H,74,75,76);1-6,14H;;;;;;;;;2*1H2/q-2;;;;5*+1;;;/p-3. The minimum absolute atomic E-state index is 0. The number of rotatable bonds is 16. The minimum Gasteiger partial charge on any atom is -0.870 e. The second-order valence-corrected chi connectivity index (χ2v) is 32.1. The molecule has 0 aromatic heterocycles. The predicted molar refractivity (Wildman–Crippen MR) is 389 cm³/mol. The van der Waals surface area contributed by atoms with Crippen LogP contribution in [-0.2, 0) is 74.3 Å². The molecule has 0 fully saturated rings. The fraction of sp³-hybridized carbons (Fsp3) is 0.0857. The van der Waals surface area contributed by atoms with E-state index >= 15 is 0 Å². The summed E-state index contributed by atoms with van der Waals surface area (Å²) in [4.78, 5) is 39.5. The minimum atomic E-state index is -5.44. The Kier molecular flexibility index (Phi) is 39.4. The van der Waals surface area contributed by atoms with Crippen molar-refractivity contribution >= 4 is 169 Å². The molecule has 2 aliphatic rings. The first kappa shape index (κ1) is 105. The second kappa shape index (κ2) is 42.7. The van der Waals surface area contributed by atoms with Crippen molar-refractivity contribution in [3.8, 4) is 45.4 Å². The van der Waals surface area contributed by atoms with E-state index in [4.69, 9.17) is 37.3 Å². The SMILES string of the molecule is Cc1cc(C)c(NS(=O)(=O)c2ccc3[c-]c(O)ccc3c2)c(C)c1Nc1[c-]cc2c(-c3ccccc3S(=O)(=O)[O-])c3cc(S(=O)(=O)[O-])c(=[NH+]c4c(C)cc(C)c(NS(=O)(=O)c5ccc6c(C(=O)[O-])c(O)ccc6c5)c4C)cc-3oc2c1.O.O=C=O.O=COc1c(O)ccc2cc(S(=O)(=O)Cl)ccc12.O=S(=O)=O.[B].[Na+].[Na+].[Na+].[Na+].[Na+].[OH-]. The normalized spacial score (nSPS) is 11.0. The van der Waals surface area contributed by atoms with Crippen LogP contribution < -0.4 is 183 Å². The average Bonchev–Trinajstić information content (AvgIpc) is 0.729. The van der Waals surface area contributed by atoms with Crippen molar-refractivity contribution in [2.45, 2.75) is 66.0 Å². The van der Waals surface area contributed by atoms with Gasteiger partial charge in [-0.05, 0) is 146 Å². The van der Waals surface area contributed by atoms with Gasteiger partial charge in [-0.2, -0.15) is 21.7 Å². The second-order valence-electron chi connectivity index (χ2n) is 23.0. The fourth-order valence-corrected chi connectivity index (χ4v) is 16.3. The Hall–Kier alpha value is -6.65. The maximum atomic E-state index is 14.1. The van der Waals surface area contributed by atoms with Crippen molar-refractivity contribution in [2.75, 3.05) is 14.8 Å². The molecule has 44 heteroatoms. The Morgan fingerprint density at radius 3 is 1.65 bits per heavy atom. The Balaban J connectivity index is 0.00000169. The van der Waals surface area contributed by atoms with Gasteiger partial charge in [0.2, 0.25) is 11.0 Å². The van der Waals surface area contributed by atoms with E-state index in [0.29, 0.717) is 55.0 Å². The first-order valence-corrected chi connectivity index (χ1v) is 39.0. The van der Waals surface area contributed by atoms with Crippen LogP contribution in [0.3, 0.4) is 0 Å². The van der Waals surface area contributed by atoms with E-state index in [1.165, 1.54) is 116 Å². The summed E-state index contributed by atoms with van der Waals surface area (Å²) in [5, 5.41) is 46.6. The summed E-state index contributed by atoms with van der Waals surface area (Å²) in [6, 6.07) is 39.7. The van der Waals surface area contributed by atoms with Crippen LogP contribution in [0, 0.1) is 53.7 Å². The Labute approximate surface area is 770 Å². The summed E-state index contributed by atoms with van der Waals surface area (Å²) in [6.45, 7) is 10.2. The third-order valence-corrected chi connectivity index (χ3v) is 22.1. The number of nitrogens with one attached hydrogen (secondary N) is 4. The number of fused-ring (bicyclic) bond motifs is 5. The van der Waals surface area contributed by atoms with Gasteiger partial charge in [0.25, 0.3) is 35.6 Å². The van der Waals surface area contributed by atoms with Crippen LogP contribution in [-0.4, -0.2) is 117 Å². The van der Waals surface area contributed by atoms with Gasteiger partial charge < -0.3 is 59.7 Å². The van der Waals surface area contributed by atoms with E-state index in [1.807, 2.05) is 0 Å². The number of carbonyl (C=O) groups is 2. The van der Waals surface area contributed by atoms with E-state index in [-0.39, 0.29) is 290 Å². The molecule has 1 heterocycles. The maximum Gasteiger partial charge on any atom is 1.00 e. The number of aryl methyl sites for hydroxylation is 4. The molecule has 0 atom stereocenters. The number of halogens is 1. The van der Waals surface area contributed by atoms with Crippen LogP contribution in [0.2, 0.25) is 0 Å². The van der Waals surface area contributed by atoms with E-state index in [2.05, 4.69) is 36.6 Å². The van der Waals surface area contributed by atoms with Gasteiger partial charge in [0, 0.05) is 63.8 Å². The number of carboxylic acid groups (broad SMARTS) is 1. The number of phenolic OH excluding ortho intramolecular Hbond substituents is 2. The predicted octanol–water partition coefficient (Wildman–Crippen LogP) is -8.74. The van der Waals surface area contributed by atoms with Crippen molar-refractivity contribution in [3.05, 3.63) is 208 Å². The maximum absolute atomic E-state index is 14.1. The summed E-state index contributed by atoms with van der Waals surface area (Å²) in [6.07, 6.45) is 0.250. The largest absolute Gasteiger partial charge is 1.00 e. The molecule has 10 aromatic carbocycles. The van der Waals surface area contributed by atoms with Crippen LogP contribution in [0.25, 0.3) is 65.7 Å². The number of carbonyl (C=O) groups excluding carboxylic acids is 4. The topological polar surface area (TPSA) is 554 Å². The number of carboxylic acids is 1. The van der Waals surface area contributed by atoms with Gasteiger partial charge in [0.1, 0.15) is 36.6 Å². The Morgan fingerprint density at radius 1 is 0.596 bits per heavy atom. The zero-order valence-corrected chi connectivity index (χ0v) is 77.3. The zero-order valence-electron chi connectivity index (χ0n) is 61.7. The van der Waals surface area contributed by atoms with E-state index < -0.39 is 87.0 Å². The molecule has 3 radical (unpaired) electrons. The Bertz CT molecular complexity index is 6550. The number of benzene rings is 11. The van der Waals surface area contributed by atoms with Crippen LogP contribution in [0.15, 0.2) is 181 Å². The van der Waals surface area contributed by atoms with Gasteiger partial charge in [-0.1, -0.05) is 77.3 Å². The third kappa shape index (κ3) is 24.1. The smallest absolute Gasteiger partial charge is 0.870 e. The molecule has 0 saturated heterocycles. The molecule has 0 unspecified atom stereocenters. The van der Waals surface area contributed by atoms with Gasteiger partial charge >= 0.3 is 165 Å². The molecule has 567 valence electrons. The number of aromatic hydroxyl groups is 3. The number of hydrogen-bond donors (Lipinski definition) is 7. The zero-order chi connectivity index (χ0) is 78.0. The molecule has 0 bridgehead atoms. The molecular weight excluding hydrogens is 1680 g/mol. The molecule has 114 heavy (non-hydrogen) atoms. The summed E-state index contributed by atoms with van der Waals surface area (Å²) in [7, 11) is -21.0. The molecule has 10 aromatic rings. The molecule has 0 amide bonds. The molecule has 10 N–H and O–H groups in total.